The summed E-state index contributed by atoms with van der Waals surface area (Å²) < 4.78 is 26.5. The van der Waals surface area contributed by atoms with Crippen LogP contribution in [0.25, 0.3) is 0 Å². The third kappa shape index (κ3) is 2.74. The van der Waals surface area contributed by atoms with Crippen LogP contribution in [0, 0.1) is 5.82 Å². The number of alkyl halides is 2. The molecule has 0 heterocycles. The van der Waals surface area contributed by atoms with Crippen molar-refractivity contribution in [2.24, 2.45) is 0 Å². The average Bonchev–Trinajstić information content (AvgIpc) is 2.08. The summed E-state index contributed by atoms with van der Waals surface area (Å²) in [5.41, 5.74) is 0.470. The van der Waals surface area contributed by atoms with Crippen LogP contribution in [0.3, 0.4) is 0 Å². The molecule has 2 atom stereocenters. The Hall–Kier alpha value is 0.0400. The molecule has 0 bridgehead atoms. The molecule has 0 aliphatic carbocycles. The van der Waals surface area contributed by atoms with Crippen molar-refractivity contribution in [1.82, 2.24) is 0 Å². The van der Waals surface area contributed by atoms with Gasteiger partial charge in [-0.25, -0.2) is 8.78 Å². The fraction of sp³-hybridized carbons (Fsp3) is 0.333. The van der Waals surface area contributed by atoms with E-state index in [9.17, 15) is 8.78 Å². The van der Waals surface area contributed by atoms with Gasteiger partial charge in [0.25, 0.3) is 0 Å². The van der Waals surface area contributed by atoms with E-state index in [2.05, 4.69) is 31.9 Å². The summed E-state index contributed by atoms with van der Waals surface area (Å²) in [6, 6.07) is 4.15. The maximum absolute atomic E-state index is 13.4. The van der Waals surface area contributed by atoms with E-state index in [0.29, 0.717) is 10.0 Å². The van der Waals surface area contributed by atoms with Crippen molar-refractivity contribution in [3.63, 3.8) is 0 Å². The zero-order valence-electron chi connectivity index (χ0n) is 6.90. The molecule has 0 aliphatic heterocycles. The number of hydrogen-bond acceptors (Lipinski definition) is 0. The second kappa shape index (κ2) is 4.51. The van der Waals surface area contributed by atoms with Gasteiger partial charge in [-0.2, -0.15) is 0 Å². The van der Waals surface area contributed by atoms with Crippen molar-refractivity contribution in [2.75, 3.05) is 0 Å². The van der Waals surface area contributed by atoms with Crippen molar-refractivity contribution in [3.8, 4) is 0 Å². The van der Waals surface area contributed by atoms with Gasteiger partial charge in [0.2, 0.25) is 0 Å². The zero-order chi connectivity index (χ0) is 10.0. The van der Waals surface area contributed by atoms with Crippen LogP contribution in [-0.4, -0.2) is 4.83 Å². The monoisotopic (exact) mass is 312 g/mol. The van der Waals surface area contributed by atoms with Crippen LogP contribution in [0.4, 0.5) is 8.78 Å². The van der Waals surface area contributed by atoms with Gasteiger partial charge in [-0.05, 0) is 40.5 Å². The Labute approximate surface area is 92.6 Å². The molecule has 0 saturated heterocycles. The molecule has 0 amide bonds. The summed E-state index contributed by atoms with van der Waals surface area (Å²) in [6.07, 6.45) is -1.11. The molecule has 72 valence electrons. The van der Waals surface area contributed by atoms with Crippen LogP contribution in [0.5, 0.6) is 0 Å². The van der Waals surface area contributed by atoms with Crippen LogP contribution < -0.4 is 0 Å². The Bertz CT molecular complexity index is 300. The quantitative estimate of drug-likeness (QED) is 0.711. The lowest BCUT2D eigenvalue weighted by atomic mass is 10.1. The van der Waals surface area contributed by atoms with Gasteiger partial charge in [-0.3, -0.25) is 0 Å². The highest BCUT2D eigenvalue weighted by atomic mass is 79.9. The molecule has 0 radical (unpaired) electrons. The fourth-order valence-electron chi connectivity index (χ4n) is 0.949. The number of halogens is 4. The smallest absolute Gasteiger partial charge is 0.137 e. The molecular weight excluding hydrogens is 306 g/mol. The minimum Gasteiger partial charge on any atom is -0.241 e. The van der Waals surface area contributed by atoms with Crippen molar-refractivity contribution in [2.45, 2.75) is 17.9 Å². The van der Waals surface area contributed by atoms with Gasteiger partial charge in [0.1, 0.15) is 12.0 Å². The van der Waals surface area contributed by atoms with Gasteiger partial charge >= 0.3 is 0 Å². The highest BCUT2D eigenvalue weighted by Gasteiger charge is 2.16. The van der Waals surface area contributed by atoms with Gasteiger partial charge in [-0.1, -0.05) is 22.0 Å². The molecule has 0 fully saturated rings. The van der Waals surface area contributed by atoms with Gasteiger partial charge in [-0.15, -0.1) is 0 Å². The molecular formula is C9H8Br2F2. The van der Waals surface area contributed by atoms with Crippen molar-refractivity contribution in [3.05, 3.63) is 34.1 Å². The van der Waals surface area contributed by atoms with Gasteiger partial charge < -0.3 is 0 Å². The van der Waals surface area contributed by atoms with Crippen LogP contribution in [-0.2, 0) is 0 Å². The van der Waals surface area contributed by atoms with Crippen molar-refractivity contribution < 1.29 is 8.78 Å². The molecule has 0 nitrogen and oxygen atoms in total. The Balaban J connectivity index is 2.97. The number of rotatable bonds is 2. The summed E-state index contributed by atoms with van der Waals surface area (Å²) in [6.45, 7) is 1.71. The number of benzene rings is 1. The SMILES string of the molecule is CC(Br)C(F)c1ccc(F)c(Br)c1. The third-order valence-corrected chi connectivity index (χ3v) is 2.74. The standard InChI is InChI=1S/C9H8Br2F2/c1-5(10)9(13)6-2-3-8(12)7(11)4-6/h2-5,9H,1H3. The molecule has 0 spiro atoms. The van der Waals surface area contributed by atoms with Crippen LogP contribution in [0.2, 0.25) is 0 Å². The molecule has 0 saturated carbocycles. The fourth-order valence-corrected chi connectivity index (χ4v) is 1.65. The first-order chi connectivity index (χ1) is 6.02. The van der Waals surface area contributed by atoms with E-state index in [0.717, 1.165) is 0 Å². The highest BCUT2D eigenvalue weighted by molar-refractivity contribution is 9.10. The van der Waals surface area contributed by atoms with E-state index in [1.807, 2.05) is 0 Å². The Kier molecular flexibility index (Phi) is 3.86. The lowest BCUT2D eigenvalue weighted by Crippen LogP contribution is -2.02. The van der Waals surface area contributed by atoms with Gasteiger partial charge in [0.15, 0.2) is 0 Å². The average molecular weight is 314 g/mol. The molecule has 1 aromatic carbocycles. The summed E-state index contributed by atoms with van der Waals surface area (Å²) in [7, 11) is 0. The molecule has 0 aromatic heterocycles. The van der Waals surface area contributed by atoms with E-state index in [1.54, 1.807) is 6.92 Å². The molecule has 4 heteroatoms. The first kappa shape index (κ1) is 11.1. The van der Waals surface area contributed by atoms with Crippen LogP contribution in [0.15, 0.2) is 22.7 Å². The largest absolute Gasteiger partial charge is 0.241 e. The van der Waals surface area contributed by atoms with Crippen LogP contribution in [0.1, 0.15) is 18.7 Å². The van der Waals surface area contributed by atoms with E-state index in [-0.39, 0.29) is 10.6 Å². The van der Waals surface area contributed by atoms with Crippen molar-refractivity contribution in [1.29, 1.82) is 0 Å². The Morgan fingerprint density at radius 3 is 2.46 bits per heavy atom. The zero-order valence-corrected chi connectivity index (χ0v) is 10.1. The van der Waals surface area contributed by atoms with Gasteiger partial charge in [0.05, 0.1) is 4.47 Å². The molecule has 1 rings (SSSR count). The topological polar surface area (TPSA) is 0 Å². The first-order valence-electron chi connectivity index (χ1n) is 3.75. The van der Waals surface area contributed by atoms with E-state index >= 15 is 0 Å². The maximum atomic E-state index is 13.4. The molecule has 0 N–H and O–H groups in total. The van der Waals surface area contributed by atoms with Crippen molar-refractivity contribution >= 4 is 31.9 Å². The minimum atomic E-state index is -1.11. The second-order valence-corrected chi connectivity index (χ2v) is 5.05. The second-order valence-electron chi connectivity index (χ2n) is 2.75. The third-order valence-electron chi connectivity index (χ3n) is 1.67. The number of hydrogen-bond donors (Lipinski definition) is 0. The highest BCUT2D eigenvalue weighted by Crippen LogP contribution is 2.28. The maximum Gasteiger partial charge on any atom is 0.137 e. The predicted octanol–water partition coefficient (Wildman–Crippen LogP) is 4.38. The summed E-state index contributed by atoms with van der Waals surface area (Å²) in [5, 5.41) is 0. The lowest BCUT2D eigenvalue weighted by Gasteiger charge is -2.11. The van der Waals surface area contributed by atoms with E-state index in [4.69, 9.17) is 0 Å². The van der Waals surface area contributed by atoms with Crippen LogP contribution >= 0.6 is 31.9 Å². The predicted molar refractivity (Wildman–Crippen MR) is 56.3 cm³/mol. The summed E-state index contributed by atoms with van der Waals surface area (Å²) >= 11 is 6.14. The molecule has 1 aromatic rings. The van der Waals surface area contributed by atoms with Gasteiger partial charge in [0, 0.05) is 4.83 Å². The molecule has 0 aliphatic rings. The Morgan fingerprint density at radius 1 is 1.38 bits per heavy atom. The minimum absolute atomic E-state index is 0.273. The first-order valence-corrected chi connectivity index (χ1v) is 5.46. The lowest BCUT2D eigenvalue weighted by molar-refractivity contribution is 0.345. The van der Waals surface area contributed by atoms with E-state index in [1.165, 1.54) is 18.2 Å². The summed E-state index contributed by atoms with van der Waals surface area (Å²) in [5.74, 6) is -0.377. The van der Waals surface area contributed by atoms with E-state index < -0.39 is 6.17 Å². The Morgan fingerprint density at radius 2 is 2.00 bits per heavy atom. The summed E-state index contributed by atoms with van der Waals surface area (Å²) in [4.78, 5) is -0.273. The molecule has 2 unspecified atom stereocenters. The molecule has 13 heavy (non-hydrogen) atoms. The normalized spacial score (nSPS) is 15.5.